The minimum atomic E-state index is 0.538. The predicted molar refractivity (Wildman–Crippen MR) is 57.7 cm³/mol. The standard InChI is InChI=1S/C10H14ClN3/c1-8-4-2-3-5-14(8)10-9(11)6-12-7-13-10/h6-8H,2-5H2,1H3. The fraction of sp³-hybridized carbons (Fsp3) is 0.600. The molecule has 1 atom stereocenters. The lowest BCUT2D eigenvalue weighted by Crippen LogP contribution is -2.38. The minimum absolute atomic E-state index is 0.538. The molecule has 1 fully saturated rings. The summed E-state index contributed by atoms with van der Waals surface area (Å²) in [7, 11) is 0. The second-order valence-corrected chi connectivity index (χ2v) is 4.14. The van der Waals surface area contributed by atoms with Gasteiger partial charge in [-0.2, -0.15) is 0 Å². The number of hydrogen-bond acceptors (Lipinski definition) is 3. The van der Waals surface area contributed by atoms with Crippen molar-refractivity contribution in [2.75, 3.05) is 11.4 Å². The molecule has 2 rings (SSSR count). The molecule has 1 aromatic rings. The Bertz CT molecular complexity index is 316. The lowest BCUT2D eigenvalue weighted by Gasteiger charge is -2.34. The quantitative estimate of drug-likeness (QED) is 0.715. The molecule has 0 bridgehead atoms. The lowest BCUT2D eigenvalue weighted by molar-refractivity contribution is 0.481. The van der Waals surface area contributed by atoms with Crippen molar-refractivity contribution in [2.24, 2.45) is 0 Å². The van der Waals surface area contributed by atoms with Crippen molar-refractivity contribution in [1.82, 2.24) is 9.97 Å². The van der Waals surface area contributed by atoms with E-state index in [1.807, 2.05) is 0 Å². The van der Waals surface area contributed by atoms with Crippen LogP contribution in [0.2, 0.25) is 5.02 Å². The number of hydrogen-bond donors (Lipinski definition) is 0. The Balaban J connectivity index is 2.25. The van der Waals surface area contributed by atoms with Crippen LogP contribution in [-0.4, -0.2) is 22.6 Å². The molecule has 0 saturated carbocycles. The molecule has 0 aromatic carbocycles. The second-order valence-electron chi connectivity index (χ2n) is 3.73. The predicted octanol–water partition coefficient (Wildman–Crippen LogP) is 2.51. The average Bonchev–Trinajstić information content (AvgIpc) is 2.20. The van der Waals surface area contributed by atoms with Crippen LogP contribution in [0.1, 0.15) is 26.2 Å². The molecule has 14 heavy (non-hydrogen) atoms. The van der Waals surface area contributed by atoms with Gasteiger partial charge < -0.3 is 4.90 Å². The van der Waals surface area contributed by atoms with Crippen LogP contribution in [-0.2, 0) is 0 Å². The molecule has 3 nitrogen and oxygen atoms in total. The van der Waals surface area contributed by atoms with Crippen LogP contribution >= 0.6 is 11.6 Å². The summed E-state index contributed by atoms with van der Waals surface area (Å²) in [5.41, 5.74) is 0. The van der Waals surface area contributed by atoms with Gasteiger partial charge in [-0.25, -0.2) is 9.97 Å². The number of aromatic nitrogens is 2. The molecule has 2 heterocycles. The largest absolute Gasteiger partial charge is 0.353 e. The molecule has 1 unspecified atom stereocenters. The normalized spacial score (nSPS) is 22.4. The molecular formula is C10H14ClN3. The summed E-state index contributed by atoms with van der Waals surface area (Å²) in [5.74, 6) is 0.883. The van der Waals surface area contributed by atoms with E-state index in [0.29, 0.717) is 11.1 Å². The van der Waals surface area contributed by atoms with Gasteiger partial charge in [0.05, 0.1) is 6.20 Å². The highest BCUT2D eigenvalue weighted by Gasteiger charge is 2.21. The average molecular weight is 212 g/mol. The molecule has 1 aliphatic rings. The zero-order valence-corrected chi connectivity index (χ0v) is 9.04. The van der Waals surface area contributed by atoms with E-state index in [4.69, 9.17) is 11.6 Å². The zero-order valence-electron chi connectivity index (χ0n) is 8.28. The molecule has 0 aliphatic carbocycles. The number of piperidine rings is 1. The minimum Gasteiger partial charge on any atom is -0.353 e. The SMILES string of the molecule is CC1CCCCN1c1ncncc1Cl. The molecule has 0 radical (unpaired) electrons. The van der Waals surface area contributed by atoms with Crippen molar-refractivity contribution in [2.45, 2.75) is 32.2 Å². The summed E-state index contributed by atoms with van der Waals surface area (Å²) >= 11 is 6.06. The Morgan fingerprint density at radius 1 is 1.50 bits per heavy atom. The van der Waals surface area contributed by atoms with Crippen LogP contribution in [0.15, 0.2) is 12.5 Å². The molecule has 0 N–H and O–H groups in total. The number of halogens is 1. The van der Waals surface area contributed by atoms with Crippen molar-refractivity contribution >= 4 is 17.4 Å². The van der Waals surface area contributed by atoms with Crippen molar-refractivity contribution < 1.29 is 0 Å². The third-order valence-corrected chi connectivity index (χ3v) is 2.99. The third-order valence-electron chi connectivity index (χ3n) is 2.72. The summed E-state index contributed by atoms with van der Waals surface area (Å²) in [4.78, 5) is 10.4. The van der Waals surface area contributed by atoms with Gasteiger partial charge in [0.25, 0.3) is 0 Å². The first kappa shape index (κ1) is 9.71. The van der Waals surface area contributed by atoms with Crippen molar-refractivity contribution in [3.8, 4) is 0 Å². The smallest absolute Gasteiger partial charge is 0.151 e. The van der Waals surface area contributed by atoms with E-state index >= 15 is 0 Å². The van der Waals surface area contributed by atoms with Crippen molar-refractivity contribution in [3.63, 3.8) is 0 Å². The fourth-order valence-electron chi connectivity index (χ4n) is 1.93. The van der Waals surface area contributed by atoms with Crippen LogP contribution in [0.25, 0.3) is 0 Å². The van der Waals surface area contributed by atoms with Gasteiger partial charge in [0.1, 0.15) is 11.3 Å². The Labute approximate surface area is 89.1 Å². The molecule has 1 saturated heterocycles. The zero-order chi connectivity index (χ0) is 9.97. The molecule has 1 aromatic heterocycles. The van der Waals surface area contributed by atoms with Crippen LogP contribution in [0.5, 0.6) is 0 Å². The van der Waals surface area contributed by atoms with Gasteiger partial charge in [0, 0.05) is 12.6 Å². The van der Waals surface area contributed by atoms with Crippen LogP contribution < -0.4 is 4.90 Å². The maximum atomic E-state index is 6.06. The first-order valence-corrected chi connectivity index (χ1v) is 5.39. The van der Waals surface area contributed by atoms with E-state index in [-0.39, 0.29) is 0 Å². The topological polar surface area (TPSA) is 29.0 Å². The highest BCUT2D eigenvalue weighted by molar-refractivity contribution is 6.32. The van der Waals surface area contributed by atoms with Crippen LogP contribution in [0.4, 0.5) is 5.82 Å². The lowest BCUT2D eigenvalue weighted by atomic mass is 10.0. The highest BCUT2D eigenvalue weighted by atomic mass is 35.5. The van der Waals surface area contributed by atoms with E-state index < -0.39 is 0 Å². The van der Waals surface area contributed by atoms with Gasteiger partial charge in [0.2, 0.25) is 0 Å². The Kier molecular flexibility index (Phi) is 2.87. The van der Waals surface area contributed by atoms with Crippen LogP contribution in [0.3, 0.4) is 0 Å². The van der Waals surface area contributed by atoms with Gasteiger partial charge in [-0.1, -0.05) is 11.6 Å². The molecule has 4 heteroatoms. The monoisotopic (exact) mass is 211 g/mol. The third kappa shape index (κ3) is 1.82. The van der Waals surface area contributed by atoms with E-state index in [1.165, 1.54) is 19.3 Å². The molecular weight excluding hydrogens is 198 g/mol. The Morgan fingerprint density at radius 3 is 3.07 bits per heavy atom. The molecule has 0 amide bonds. The Hall–Kier alpha value is -0.830. The summed E-state index contributed by atoms with van der Waals surface area (Å²) < 4.78 is 0. The van der Waals surface area contributed by atoms with Gasteiger partial charge in [-0.15, -0.1) is 0 Å². The number of rotatable bonds is 1. The summed E-state index contributed by atoms with van der Waals surface area (Å²) in [6.07, 6.45) is 6.97. The number of anilines is 1. The van der Waals surface area contributed by atoms with E-state index in [1.54, 1.807) is 12.5 Å². The van der Waals surface area contributed by atoms with E-state index in [9.17, 15) is 0 Å². The van der Waals surface area contributed by atoms with Crippen molar-refractivity contribution in [1.29, 1.82) is 0 Å². The summed E-state index contributed by atoms with van der Waals surface area (Å²) in [6.45, 7) is 3.27. The van der Waals surface area contributed by atoms with E-state index in [2.05, 4.69) is 21.8 Å². The molecule has 76 valence electrons. The molecule has 0 spiro atoms. The highest BCUT2D eigenvalue weighted by Crippen LogP contribution is 2.27. The van der Waals surface area contributed by atoms with Gasteiger partial charge in [-0.05, 0) is 26.2 Å². The number of nitrogens with zero attached hydrogens (tertiary/aromatic N) is 3. The first-order valence-electron chi connectivity index (χ1n) is 5.01. The molecule has 1 aliphatic heterocycles. The maximum absolute atomic E-state index is 6.06. The second kappa shape index (κ2) is 4.13. The summed E-state index contributed by atoms with van der Waals surface area (Å²) in [5, 5.41) is 0.654. The van der Waals surface area contributed by atoms with Gasteiger partial charge in [0.15, 0.2) is 5.82 Å². The van der Waals surface area contributed by atoms with Gasteiger partial charge >= 0.3 is 0 Å². The van der Waals surface area contributed by atoms with Crippen molar-refractivity contribution in [3.05, 3.63) is 17.5 Å². The van der Waals surface area contributed by atoms with E-state index in [0.717, 1.165) is 12.4 Å². The summed E-state index contributed by atoms with van der Waals surface area (Å²) in [6, 6.07) is 0.538. The Morgan fingerprint density at radius 2 is 2.36 bits per heavy atom. The van der Waals surface area contributed by atoms with Crippen LogP contribution in [0, 0.1) is 0 Å². The fourth-order valence-corrected chi connectivity index (χ4v) is 2.14. The maximum Gasteiger partial charge on any atom is 0.151 e. The van der Waals surface area contributed by atoms with Gasteiger partial charge in [-0.3, -0.25) is 0 Å². The first-order chi connectivity index (χ1) is 6.79.